The molecule has 9 aromatic carbocycles. The fraction of sp³-hybridized carbons (Fsp3) is 0.147. The number of aryl methyl sites for hydroxylation is 6. The number of benzene rings is 9. The van der Waals surface area contributed by atoms with Crippen LogP contribution >= 0.6 is 0 Å². The highest BCUT2D eigenvalue weighted by atomic mass is 15.2. The fourth-order valence-corrected chi connectivity index (χ4v) is 8.89. The van der Waals surface area contributed by atoms with Crippen LogP contribution in [0.3, 0.4) is 0 Å². The van der Waals surface area contributed by atoms with Crippen molar-refractivity contribution in [3.63, 3.8) is 0 Å². The van der Waals surface area contributed by atoms with Crippen LogP contribution in [-0.2, 0) is 5.41 Å². The smallest absolute Gasteiger partial charge is 0.0464 e. The molecule has 0 atom stereocenters. The highest BCUT2D eigenvalue weighted by Crippen LogP contribution is 2.39. The Morgan fingerprint density at radius 2 is 0.479 bits per heavy atom. The van der Waals surface area contributed by atoms with Crippen molar-refractivity contribution in [2.75, 3.05) is 14.7 Å². The first-order valence-corrected chi connectivity index (χ1v) is 24.8. The van der Waals surface area contributed by atoms with Gasteiger partial charge in [0.05, 0.1) is 0 Å². The molecule has 3 heteroatoms. The number of nitrogens with zero attached hydrogens (tertiary/aromatic N) is 3. The maximum atomic E-state index is 2.35. The van der Waals surface area contributed by atoms with E-state index >= 15 is 0 Å². The molecule has 0 amide bonds. The molecular formula is C68H65N3. The molecule has 0 radical (unpaired) electrons. The molecule has 0 N–H and O–H groups in total. The van der Waals surface area contributed by atoms with Gasteiger partial charge in [-0.2, -0.15) is 0 Å². The van der Waals surface area contributed by atoms with Crippen molar-refractivity contribution in [2.24, 2.45) is 0 Å². The average Bonchev–Trinajstić information content (AvgIpc) is 3.37. The van der Waals surface area contributed by atoms with E-state index in [1.54, 1.807) is 0 Å². The summed E-state index contributed by atoms with van der Waals surface area (Å²) in [4.78, 5) is 7.01. The lowest BCUT2D eigenvalue weighted by atomic mass is 9.87. The van der Waals surface area contributed by atoms with Gasteiger partial charge in [0.1, 0.15) is 0 Å². The van der Waals surface area contributed by atoms with E-state index in [0.717, 1.165) is 73.4 Å². The van der Waals surface area contributed by atoms with Crippen LogP contribution in [0.25, 0.3) is 24.3 Å². The molecule has 0 fully saturated rings. The number of anilines is 9. The molecule has 9 rings (SSSR count). The Hall–Kier alpha value is -8.14. The van der Waals surface area contributed by atoms with Gasteiger partial charge in [-0.05, 0) is 206 Å². The summed E-state index contributed by atoms with van der Waals surface area (Å²) in [5, 5.41) is 0. The van der Waals surface area contributed by atoms with Crippen LogP contribution < -0.4 is 14.7 Å². The van der Waals surface area contributed by atoms with E-state index in [9.17, 15) is 0 Å². The third kappa shape index (κ3) is 11.3. The van der Waals surface area contributed by atoms with Gasteiger partial charge in [0.25, 0.3) is 0 Å². The summed E-state index contributed by atoms with van der Waals surface area (Å²) in [6.07, 6.45) is 8.78. The Labute approximate surface area is 423 Å². The summed E-state index contributed by atoms with van der Waals surface area (Å²) in [6.45, 7) is 19.8. The van der Waals surface area contributed by atoms with Crippen LogP contribution in [0.4, 0.5) is 51.2 Å². The Morgan fingerprint density at radius 3 is 0.732 bits per heavy atom. The molecule has 0 bridgehead atoms. The minimum absolute atomic E-state index is 0.0629. The third-order valence-corrected chi connectivity index (χ3v) is 13.6. The predicted octanol–water partition coefficient (Wildman–Crippen LogP) is 19.6. The third-order valence-electron chi connectivity index (χ3n) is 13.6. The molecular weight excluding hydrogens is 859 g/mol. The Bertz CT molecular complexity index is 3180. The van der Waals surface area contributed by atoms with Crippen molar-refractivity contribution >= 4 is 75.5 Å². The molecule has 9 aromatic rings. The number of hydrogen-bond acceptors (Lipinski definition) is 3. The van der Waals surface area contributed by atoms with Crippen molar-refractivity contribution in [2.45, 2.75) is 67.7 Å². The summed E-state index contributed by atoms with van der Waals surface area (Å²) in [5.41, 5.74) is 23.7. The first kappa shape index (κ1) is 47.9. The highest BCUT2D eigenvalue weighted by Gasteiger charge is 2.18. The monoisotopic (exact) mass is 924 g/mol. The first-order chi connectivity index (χ1) is 34.2. The van der Waals surface area contributed by atoms with Gasteiger partial charge in [0.2, 0.25) is 0 Å². The average molecular weight is 924 g/mol. The fourth-order valence-electron chi connectivity index (χ4n) is 8.89. The van der Waals surface area contributed by atoms with Gasteiger partial charge in [-0.1, -0.05) is 153 Å². The van der Waals surface area contributed by atoms with E-state index in [2.05, 4.69) is 308 Å². The lowest BCUT2D eigenvalue weighted by molar-refractivity contribution is 0.590. The minimum Gasteiger partial charge on any atom is -0.311 e. The summed E-state index contributed by atoms with van der Waals surface area (Å²) in [6, 6.07) is 75.3. The molecule has 0 aromatic heterocycles. The van der Waals surface area contributed by atoms with Crippen LogP contribution in [0.2, 0.25) is 0 Å². The molecule has 0 saturated heterocycles. The number of hydrogen-bond donors (Lipinski definition) is 0. The quantitative estimate of drug-likeness (QED) is 0.107. The topological polar surface area (TPSA) is 9.72 Å². The second-order valence-corrected chi connectivity index (χ2v) is 20.0. The molecule has 0 spiro atoms. The molecule has 0 aliphatic heterocycles. The Morgan fingerprint density at radius 1 is 0.254 bits per heavy atom. The zero-order valence-corrected chi connectivity index (χ0v) is 42.8. The van der Waals surface area contributed by atoms with E-state index in [4.69, 9.17) is 0 Å². The maximum Gasteiger partial charge on any atom is 0.0464 e. The van der Waals surface area contributed by atoms with Gasteiger partial charge >= 0.3 is 0 Å². The van der Waals surface area contributed by atoms with E-state index in [-0.39, 0.29) is 5.41 Å². The molecule has 71 heavy (non-hydrogen) atoms. The van der Waals surface area contributed by atoms with Crippen molar-refractivity contribution in [1.29, 1.82) is 0 Å². The maximum absolute atomic E-state index is 2.35. The van der Waals surface area contributed by atoms with Crippen LogP contribution in [0.5, 0.6) is 0 Å². The first-order valence-electron chi connectivity index (χ1n) is 24.8. The predicted molar refractivity (Wildman–Crippen MR) is 308 cm³/mol. The van der Waals surface area contributed by atoms with Gasteiger partial charge in [-0.3, -0.25) is 0 Å². The molecule has 352 valence electrons. The van der Waals surface area contributed by atoms with Gasteiger partial charge in [-0.15, -0.1) is 0 Å². The van der Waals surface area contributed by atoms with E-state index in [1.165, 1.54) is 38.9 Å². The second kappa shape index (κ2) is 20.8. The van der Waals surface area contributed by atoms with Crippen molar-refractivity contribution in [3.8, 4) is 0 Å². The Kier molecular flexibility index (Phi) is 14.1. The SMILES string of the molecule is Cc1ccc(N(c2ccc(C)cc2)c2ccc(/C=C/c3ccc(N(c4ccc(/C=C/c5ccc(N(c6ccc(C)c(C)c6)c6ccc(C)c(C)c6)cc5)cc4)c4ccc(C(C)(C)C)cc4)cc3)cc2)cc1. The van der Waals surface area contributed by atoms with Crippen molar-refractivity contribution in [3.05, 3.63) is 267 Å². The normalized spacial score (nSPS) is 11.6. The summed E-state index contributed by atoms with van der Waals surface area (Å²) >= 11 is 0. The molecule has 0 saturated carbocycles. The molecule has 0 unspecified atom stereocenters. The molecule has 0 aliphatic rings. The van der Waals surface area contributed by atoms with Crippen molar-refractivity contribution in [1.82, 2.24) is 0 Å². The Balaban J connectivity index is 0.935. The standard InChI is InChI=1S/C68H65N3/c1-48-10-30-59(31-11-48)69(60-32-12-49(2)13-33-60)61-36-20-54(21-37-61)16-17-55-22-38-62(39-23-55)70(65-44-28-58(29-45-65)68(7,8)9)63-40-24-56(25-41-63)18-19-57-26-42-64(43-27-57)71(66-34-14-50(3)52(5)46-66)67-35-15-51(4)53(6)47-67/h10-47H,1-9H3/b17-16+,19-18+. The zero-order chi connectivity index (χ0) is 49.6. The molecule has 0 heterocycles. The molecule has 3 nitrogen and oxygen atoms in total. The lowest BCUT2D eigenvalue weighted by Gasteiger charge is -2.27. The summed E-state index contributed by atoms with van der Waals surface area (Å²) in [7, 11) is 0. The lowest BCUT2D eigenvalue weighted by Crippen LogP contribution is -2.13. The van der Waals surface area contributed by atoms with Crippen LogP contribution in [0.15, 0.2) is 206 Å². The van der Waals surface area contributed by atoms with Crippen LogP contribution in [0.1, 0.15) is 82.0 Å². The van der Waals surface area contributed by atoms with E-state index in [0.29, 0.717) is 0 Å². The van der Waals surface area contributed by atoms with Gasteiger partial charge in [-0.25, -0.2) is 0 Å². The summed E-state index contributed by atoms with van der Waals surface area (Å²) < 4.78 is 0. The second-order valence-electron chi connectivity index (χ2n) is 20.0. The summed E-state index contributed by atoms with van der Waals surface area (Å²) in [5.74, 6) is 0. The number of rotatable bonds is 13. The van der Waals surface area contributed by atoms with Crippen LogP contribution in [0, 0.1) is 41.5 Å². The van der Waals surface area contributed by atoms with Gasteiger partial charge in [0.15, 0.2) is 0 Å². The van der Waals surface area contributed by atoms with Crippen molar-refractivity contribution < 1.29 is 0 Å². The largest absolute Gasteiger partial charge is 0.311 e. The highest BCUT2D eigenvalue weighted by molar-refractivity contribution is 5.82. The van der Waals surface area contributed by atoms with E-state index < -0.39 is 0 Å². The van der Waals surface area contributed by atoms with Gasteiger partial charge in [0, 0.05) is 51.2 Å². The van der Waals surface area contributed by atoms with Crippen LogP contribution in [-0.4, -0.2) is 0 Å². The zero-order valence-electron chi connectivity index (χ0n) is 42.8. The molecule has 0 aliphatic carbocycles. The minimum atomic E-state index is 0.0629. The van der Waals surface area contributed by atoms with Gasteiger partial charge < -0.3 is 14.7 Å². The van der Waals surface area contributed by atoms with E-state index in [1.807, 2.05) is 0 Å².